The summed E-state index contributed by atoms with van der Waals surface area (Å²) in [5.41, 5.74) is 5.78. The average molecular weight is 353 g/mol. The molecule has 0 aliphatic carbocycles. The lowest BCUT2D eigenvalue weighted by molar-refractivity contribution is -0.118. The van der Waals surface area contributed by atoms with Gasteiger partial charge in [0, 0.05) is 19.5 Å². The van der Waals surface area contributed by atoms with Gasteiger partial charge in [-0.2, -0.15) is 0 Å². The van der Waals surface area contributed by atoms with E-state index in [0.29, 0.717) is 0 Å². The molecule has 0 spiro atoms. The Bertz CT molecular complexity index is 754. The Morgan fingerprint density at radius 1 is 1.08 bits per heavy atom. The van der Waals surface area contributed by atoms with E-state index >= 15 is 0 Å². The van der Waals surface area contributed by atoms with Gasteiger partial charge in [-0.1, -0.05) is 41.9 Å². The van der Waals surface area contributed by atoms with Crippen LogP contribution >= 0.6 is 11.6 Å². The molecule has 2 rings (SSSR count). The van der Waals surface area contributed by atoms with E-state index < -0.39 is 23.4 Å². The fraction of sp³-hybridized carbons (Fsp3) is 0.176. The van der Waals surface area contributed by atoms with Crippen LogP contribution in [0.15, 0.2) is 42.5 Å². The van der Waals surface area contributed by atoms with Crippen LogP contribution in [0, 0.1) is 11.6 Å². The van der Waals surface area contributed by atoms with E-state index in [4.69, 9.17) is 17.3 Å². The number of nitrogens with zero attached hydrogens (tertiary/aromatic N) is 1. The van der Waals surface area contributed by atoms with E-state index in [1.165, 1.54) is 4.90 Å². The summed E-state index contributed by atoms with van der Waals surface area (Å²) >= 11 is 5.86. The van der Waals surface area contributed by atoms with Crippen LogP contribution in [0.5, 0.6) is 0 Å². The molecule has 7 heteroatoms. The summed E-state index contributed by atoms with van der Waals surface area (Å²) in [7, 11) is 0. The Labute approximate surface area is 142 Å². The fourth-order valence-electron chi connectivity index (χ4n) is 2.16. The number of halogens is 3. The maximum atomic E-state index is 13.4. The van der Waals surface area contributed by atoms with Crippen molar-refractivity contribution in [1.29, 1.82) is 0 Å². The van der Waals surface area contributed by atoms with Crippen LogP contribution in [0.25, 0.3) is 0 Å². The van der Waals surface area contributed by atoms with Crippen LogP contribution < -0.4 is 5.73 Å². The predicted molar refractivity (Wildman–Crippen MR) is 86.4 cm³/mol. The maximum Gasteiger partial charge on any atom is 0.255 e. The van der Waals surface area contributed by atoms with Crippen molar-refractivity contribution in [3.63, 3.8) is 0 Å². The molecule has 2 amide bonds. The highest BCUT2D eigenvalue weighted by molar-refractivity contribution is 6.33. The quantitative estimate of drug-likeness (QED) is 0.812. The lowest BCUT2D eigenvalue weighted by Gasteiger charge is -2.23. The van der Waals surface area contributed by atoms with E-state index in [9.17, 15) is 18.4 Å². The van der Waals surface area contributed by atoms with E-state index in [-0.39, 0.29) is 30.1 Å². The van der Waals surface area contributed by atoms with E-state index in [1.807, 2.05) is 6.07 Å². The number of carbonyl (C=O) groups excluding carboxylic acids is 2. The van der Waals surface area contributed by atoms with Crippen LogP contribution in [0.4, 0.5) is 8.78 Å². The SMILES string of the molecule is NC(=O)CCN(Cc1ccccc1)C(=O)c1cc(F)c(F)cc1Cl. The Hall–Kier alpha value is -2.47. The van der Waals surface area contributed by atoms with Crippen LogP contribution in [-0.4, -0.2) is 23.3 Å². The molecule has 2 N–H and O–H groups in total. The van der Waals surface area contributed by atoms with Gasteiger partial charge in [-0.3, -0.25) is 9.59 Å². The monoisotopic (exact) mass is 352 g/mol. The molecule has 4 nitrogen and oxygen atoms in total. The lowest BCUT2D eigenvalue weighted by atomic mass is 10.1. The first kappa shape index (κ1) is 17.9. The largest absolute Gasteiger partial charge is 0.370 e. The molecule has 0 heterocycles. The first-order valence-corrected chi connectivity index (χ1v) is 7.52. The van der Waals surface area contributed by atoms with Crippen molar-refractivity contribution in [1.82, 2.24) is 4.90 Å². The normalized spacial score (nSPS) is 10.5. The summed E-state index contributed by atoms with van der Waals surface area (Å²) in [5.74, 6) is -3.48. The molecule has 24 heavy (non-hydrogen) atoms. The second-order valence-electron chi connectivity index (χ2n) is 5.17. The van der Waals surface area contributed by atoms with Crippen molar-refractivity contribution in [2.45, 2.75) is 13.0 Å². The standard InChI is InChI=1S/C17H15ClF2N2O2/c18-13-9-15(20)14(19)8-12(13)17(24)22(7-6-16(21)23)10-11-4-2-1-3-5-11/h1-5,8-9H,6-7,10H2,(H2,21,23). The maximum absolute atomic E-state index is 13.4. The minimum Gasteiger partial charge on any atom is -0.370 e. The molecule has 0 saturated carbocycles. The Balaban J connectivity index is 2.30. The number of benzene rings is 2. The van der Waals surface area contributed by atoms with Gasteiger partial charge in [0.25, 0.3) is 5.91 Å². The third-order valence-corrected chi connectivity index (χ3v) is 3.68. The predicted octanol–water partition coefficient (Wildman–Crippen LogP) is 3.14. The number of rotatable bonds is 6. The molecule has 0 aliphatic rings. The third-order valence-electron chi connectivity index (χ3n) is 3.37. The van der Waals surface area contributed by atoms with Crippen molar-refractivity contribution in [3.05, 3.63) is 70.2 Å². The molecular weight excluding hydrogens is 338 g/mol. The van der Waals surface area contributed by atoms with Gasteiger partial charge in [0.1, 0.15) is 0 Å². The van der Waals surface area contributed by atoms with Gasteiger partial charge in [0.2, 0.25) is 5.91 Å². The molecule has 0 saturated heterocycles. The van der Waals surface area contributed by atoms with Gasteiger partial charge in [0.05, 0.1) is 10.6 Å². The number of nitrogens with two attached hydrogens (primary N) is 1. The Morgan fingerprint density at radius 2 is 1.71 bits per heavy atom. The topological polar surface area (TPSA) is 63.4 Å². The van der Waals surface area contributed by atoms with Gasteiger partial charge in [-0.15, -0.1) is 0 Å². The number of primary amides is 1. The number of hydrogen-bond donors (Lipinski definition) is 1. The van der Waals surface area contributed by atoms with Crippen LogP contribution in [0.1, 0.15) is 22.3 Å². The summed E-state index contributed by atoms with van der Waals surface area (Å²) in [6, 6.07) is 10.5. The lowest BCUT2D eigenvalue weighted by Crippen LogP contribution is -2.34. The summed E-state index contributed by atoms with van der Waals surface area (Å²) in [6.45, 7) is 0.223. The smallest absolute Gasteiger partial charge is 0.255 e. The second-order valence-corrected chi connectivity index (χ2v) is 5.58. The molecule has 0 aromatic heterocycles. The van der Waals surface area contributed by atoms with Crippen molar-refractivity contribution >= 4 is 23.4 Å². The third kappa shape index (κ3) is 4.52. The van der Waals surface area contributed by atoms with Crippen molar-refractivity contribution in [2.75, 3.05) is 6.54 Å². The van der Waals surface area contributed by atoms with E-state index in [2.05, 4.69) is 0 Å². The summed E-state index contributed by atoms with van der Waals surface area (Å²) < 4.78 is 26.6. The van der Waals surface area contributed by atoms with Crippen LogP contribution in [0.3, 0.4) is 0 Å². The molecule has 0 radical (unpaired) electrons. The van der Waals surface area contributed by atoms with E-state index in [0.717, 1.165) is 17.7 Å². The highest BCUT2D eigenvalue weighted by Gasteiger charge is 2.21. The molecule has 2 aromatic carbocycles. The molecular formula is C17H15ClF2N2O2. The average Bonchev–Trinajstić information content (AvgIpc) is 2.55. The zero-order chi connectivity index (χ0) is 17.7. The minimum atomic E-state index is -1.17. The van der Waals surface area contributed by atoms with Crippen molar-refractivity contribution in [2.24, 2.45) is 5.73 Å². The summed E-state index contributed by atoms with van der Waals surface area (Å²) in [5, 5.41) is -0.198. The van der Waals surface area contributed by atoms with Gasteiger partial charge in [-0.25, -0.2) is 8.78 Å². The fourth-order valence-corrected chi connectivity index (χ4v) is 2.39. The van der Waals surface area contributed by atoms with Gasteiger partial charge >= 0.3 is 0 Å². The Morgan fingerprint density at radius 3 is 2.33 bits per heavy atom. The second kappa shape index (κ2) is 7.88. The summed E-state index contributed by atoms with van der Waals surface area (Å²) in [6.07, 6.45) is -0.0557. The molecule has 0 atom stereocenters. The first-order chi connectivity index (χ1) is 11.4. The highest BCUT2D eigenvalue weighted by Crippen LogP contribution is 2.22. The molecule has 0 fully saturated rings. The zero-order valence-corrected chi connectivity index (χ0v) is 13.4. The zero-order valence-electron chi connectivity index (χ0n) is 12.6. The molecule has 2 aromatic rings. The van der Waals surface area contributed by atoms with Crippen LogP contribution in [0.2, 0.25) is 5.02 Å². The van der Waals surface area contributed by atoms with Gasteiger partial charge < -0.3 is 10.6 Å². The summed E-state index contributed by atoms with van der Waals surface area (Å²) in [4.78, 5) is 25.0. The Kier molecular flexibility index (Phi) is 5.87. The highest BCUT2D eigenvalue weighted by atomic mass is 35.5. The minimum absolute atomic E-state index is 0.0401. The molecule has 0 aliphatic heterocycles. The number of carbonyl (C=O) groups is 2. The van der Waals surface area contributed by atoms with E-state index in [1.54, 1.807) is 24.3 Å². The first-order valence-electron chi connectivity index (χ1n) is 7.14. The van der Waals surface area contributed by atoms with Gasteiger partial charge in [-0.05, 0) is 17.7 Å². The van der Waals surface area contributed by atoms with Crippen molar-refractivity contribution in [3.8, 4) is 0 Å². The van der Waals surface area contributed by atoms with Crippen LogP contribution in [-0.2, 0) is 11.3 Å². The van der Waals surface area contributed by atoms with Crippen molar-refractivity contribution < 1.29 is 18.4 Å². The van der Waals surface area contributed by atoms with Gasteiger partial charge in [0.15, 0.2) is 11.6 Å². The molecule has 126 valence electrons. The number of amides is 2. The molecule has 0 unspecified atom stereocenters. The number of hydrogen-bond acceptors (Lipinski definition) is 2. The molecule has 0 bridgehead atoms.